The zero-order valence-corrected chi connectivity index (χ0v) is 13.2. The van der Waals surface area contributed by atoms with Gasteiger partial charge in [-0.3, -0.25) is 0 Å². The van der Waals surface area contributed by atoms with Crippen LogP contribution in [0.3, 0.4) is 0 Å². The summed E-state index contributed by atoms with van der Waals surface area (Å²) in [6.45, 7) is 1.43. The number of halogens is 2. The lowest BCUT2D eigenvalue weighted by Crippen LogP contribution is -2.13. The van der Waals surface area contributed by atoms with Crippen molar-refractivity contribution in [3.63, 3.8) is 0 Å². The Morgan fingerprint density at radius 3 is 2.47 bits per heavy atom. The first-order valence-corrected chi connectivity index (χ1v) is 8.20. The summed E-state index contributed by atoms with van der Waals surface area (Å²) in [5.41, 5.74) is 1.12. The summed E-state index contributed by atoms with van der Waals surface area (Å²) >= 11 is 10.2. The van der Waals surface area contributed by atoms with E-state index in [4.69, 9.17) is 21.1 Å². The largest absolute Gasteiger partial charge is 0.490 e. The fourth-order valence-corrected chi connectivity index (χ4v) is 3.75. The van der Waals surface area contributed by atoms with E-state index in [-0.39, 0.29) is 5.38 Å². The first-order chi connectivity index (χ1) is 9.24. The van der Waals surface area contributed by atoms with Crippen LogP contribution in [0.25, 0.3) is 0 Å². The lowest BCUT2D eigenvalue weighted by atomic mass is 9.81. The summed E-state index contributed by atoms with van der Waals surface area (Å²) in [6.07, 6.45) is 5.99. The molecule has 0 amide bonds. The van der Waals surface area contributed by atoms with Crippen molar-refractivity contribution in [1.29, 1.82) is 0 Å². The Balaban J connectivity index is 1.81. The molecule has 0 aromatic heterocycles. The molecule has 0 saturated heterocycles. The van der Waals surface area contributed by atoms with Gasteiger partial charge in [-0.2, -0.15) is 0 Å². The molecule has 4 heteroatoms. The number of ether oxygens (including phenoxy) is 2. The Bertz CT molecular complexity index is 460. The highest BCUT2D eigenvalue weighted by Gasteiger charge is 2.24. The molecule has 1 aliphatic heterocycles. The van der Waals surface area contributed by atoms with Crippen LogP contribution in [-0.4, -0.2) is 13.2 Å². The van der Waals surface area contributed by atoms with Gasteiger partial charge in [-0.15, -0.1) is 11.6 Å². The Kier molecular flexibility index (Phi) is 4.23. The normalized spacial score (nSPS) is 20.5. The fourth-order valence-electron chi connectivity index (χ4n) is 2.59. The van der Waals surface area contributed by atoms with Crippen LogP contribution in [0.15, 0.2) is 16.6 Å². The molecule has 0 radical (unpaired) electrons. The minimum Gasteiger partial charge on any atom is -0.490 e. The highest BCUT2D eigenvalue weighted by molar-refractivity contribution is 9.10. The second-order valence-corrected chi connectivity index (χ2v) is 6.75. The average molecular weight is 346 g/mol. The predicted octanol–water partition coefficient (Wildman–Crippen LogP) is 5.08. The van der Waals surface area contributed by atoms with E-state index in [0.717, 1.165) is 40.3 Å². The van der Waals surface area contributed by atoms with Crippen molar-refractivity contribution in [2.45, 2.75) is 37.5 Å². The van der Waals surface area contributed by atoms with Crippen LogP contribution in [0, 0.1) is 5.92 Å². The van der Waals surface area contributed by atoms with Crippen LogP contribution in [0.5, 0.6) is 11.5 Å². The lowest BCUT2D eigenvalue weighted by Gasteiger charge is -2.28. The molecule has 1 aromatic rings. The number of rotatable bonds is 3. The summed E-state index contributed by atoms with van der Waals surface area (Å²) in [5, 5.41) is 0.0526. The molecule has 0 bridgehead atoms. The minimum absolute atomic E-state index is 0.0526. The average Bonchev–Trinajstić information content (AvgIpc) is 2.57. The topological polar surface area (TPSA) is 18.5 Å². The molecule has 1 aliphatic carbocycles. The molecule has 104 valence electrons. The predicted molar refractivity (Wildman–Crippen MR) is 80.3 cm³/mol. The first kappa shape index (κ1) is 13.6. The number of benzene rings is 1. The van der Waals surface area contributed by atoms with Gasteiger partial charge in [0.1, 0.15) is 0 Å². The van der Waals surface area contributed by atoms with E-state index < -0.39 is 0 Å². The third-order valence-corrected chi connectivity index (χ3v) is 5.07. The van der Waals surface area contributed by atoms with Gasteiger partial charge in [0.25, 0.3) is 0 Å². The van der Waals surface area contributed by atoms with Crippen LogP contribution in [0.1, 0.15) is 43.0 Å². The molecule has 2 aliphatic rings. The van der Waals surface area contributed by atoms with Crippen molar-refractivity contribution in [2.24, 2.45) is 5.92 Å². The van der Waals surface area contributed by atoms with E-state index in [0.29, 0.717) is 13.2 Å². The molecule has 1 saturated carbocycles. The van der Waals surface area contributed by atoms with Gasteiger partial charge < -0.3 is 9.47 Å². The molecule has 1 unspecified atom stereocenters. The van der Waals surface area contributed by atoms with Gasteiger partial charge in [0, 0.05) is 10.9 Å². The Morgan fingerprint density at radius 1 is 1.16 bits per heavy atom. The monoisotopic (exact) mass is 344 g/mol. The Morgan fingerprint density at radius 2 is 1.84 bits per heavy atom. The molecular formula is C15H18BrClO2. The first-order valence-electron chi connectivity index (χ1n) is 6.97. The highest BCUT2D eigenvalue weighted by Crippen LogP contribution is 2.43. The van der Waals surface area contributed by atoms with Crippen molar-refractivity contribution < 1.29 is 9.47 Å². The van der Waals surface area contributed by atoms with Crippen LogP contribution in [0.4, 0.5) is 0 Å². The van der Waals surface area contributed by atoms with E-state index in [1.54, 1.807) is 0 Å². The fraction of sp³-hybridized carbons (Fsp3) is 0.600. The molecule has 1 heterocycles. The van der Waals surface area contributed by atoms with Crippen molar-refractivity contribution >= 4 is 27.5 Å². The summed E-state index contributed by atoms with van der Waals surface area (Å²) in [4.78, 5) is 0. The van der Waals surface area contributed by atoms with Gasteiger partial charge in [0.2, 0.25) is 0 Å². The zero-order valence-electron chi connectivity index (χ0n) is 10.8. The van der Waals surface area contributed by atoms with Gasteiger partial charge in [-0.25, -0.2) is 0 Å². The summed E-state index contributed by atoms with van der Waals surface area (Å²) in [6, 6.07) is 4.03. The van der Waals surface area contributed by atoms with Crippen molar-refractivity contribution in [3.05, 3.63) is 22.2 Å². The van der Waals surface area contributed by atoms with Crippen LogP contribution in [0.2, 0.25) is 0 Å². The van der Waals surface area contributed by atoms with Gasteiger partial charge >= 0.3 is 0 Å². The highest BCUT2D eigenvalue weighted by atomic mass is 79.9. The molecule has 0 N–H and O–H groups in total. The van der Waals surface area contributed by atoms with Crippen LogP contribution in [-0.2, 0) is 0 Å². The van der Waals surface area contributed by atoms with E-state index in [2.05, 4.69) is 15.9 Å². The SMILES string of the molecule is ClC(CC1CCC1)c1cc2c(cc1Br)OCCCO2. The number of hydrogen-bond donors (Lipinski definition) is 0. The summed E-state index contributed by atoms with van der Waals surface area (Å²) < 4.78 is 12.4. The van der Waals surface area contributed by atoms with E-state index in [1.807, 2.05) is 12.1 Å². The van der Waals surface area contributed by atoms with Crippen LogP contribution >= 0.6 is 27.5 Å². The minimum atomic E-state index is 0.0526. The molecule has 1 fully saturated rings. The molecule has 3 rings (SSSR count). The van der Waals surface area contributed by atoms with E-state index in [9.17, 15) is 0 Å². The molecular weight excluding hydrogens is 328 g/mol. The molecule has 2 nitrogen and oxygen atoms in total. The van der Waals surface area contributed by atoms with Gasteiger partial charge in [0.05, 0.1) is 18.6 Å². The summed E-state index contributed by atoms with van der Waals surface area (Å²) in [5.74, 6) is 2.45. The number of fused-ring (bicyclic) bond motifs is 1. The van der Waals surface area contributed by atoms with Crippen molar-refractivity contribution in [1.82, 2.24) is 0 Å². The molecule has 0 spiro atoms. The molecule has 1 atom stereocenters. The third kappa shape index (κ3) is 3.03. The smallest absolute Gasteiger partial charge is 0.162 e. The maximum Gasteiger partial charge on any atom is 0.162 e. The van der Waals surface area contributed by atoms with Gasteiger partial charge in [0.15, 0.2) is 11.5 Å². The maximum atomic E-state index is 6.58. The summed E-state index contributed by atoms with van der Waals surface area (Å²) in [7, 11) is 0. The van der Waals surface area contributed by atoms with Crippen molar-refractivity contribution in [3.8, 4) is 11.5 Å². The number of hydrogen-bond acceptors (Lipinski definition) is 2. The van der Waals surface area contributed by atoms with E-state index >= 15 is 0 Å². The van der Waals surface area contributed by atoms with Crippen LogP contribution < -0.4 is 9.47 Å². The zero-order chi connectivity index (χ0) is 13.2. The second-order valence-electron chi connectivity index (χ2n) is 5.37. The van der Waals surface area contributed by atoms with E-state index in [1.165, 1.54) is 19.3 Å². The van der Waals surface area contributed by atoms with Gasteiger partial charge in [-0.05, 0) is 30.0 Å². The molecule has 19 heavy (non-hydrogen) atoms. The Labute approximate surface area is 127 Å². The quantitative estimate of drug-likeness (QED) is 0.711. The number of alkyl halides is 1. The molecule has 1 aromatic carbocycles. The van der Waals surface area contributed by atoms with Gasteiger partial charge in [-0.1, -0.05) is 35.2 Å². The Hall–Kier alpha value is -0.410. The maximum absolute atomic E-state index is 6.58. The third-order valence-electron chi connectivity index (χ3n) is 3.97. The second kappa shape index (κ2) is 5.92. The lowest BCUT2D eigenvalue weighted by molar-refractivity contribution is 0.292. The standard InChI is InChI=1S/C15H18BrClO2/c16-12-9-15-14(18-5-2-6-19-15)8-11(12)13(17)7-10-3-1-4-10/h8-10,13H,1-7H2. The van der Waals surface area contributed by atoms with Crippen molar-refractivity contribution in [2.75, 3.05) is 13.2 Å².